The average Bonchev–Trinajstić information content (AvgIpc) is 2.27. The number of alkyl halides is 1. The quantitative estimate of drug-likeness (QED) is 0.742. The van der Waals surface area contributed by atoms with Crippen LogP contribution in [0.4, 0.5) is 5.69 Å². The van der Waals surface area contributed by atoms with Crippen molar-refractivity contribution in [2.75, 3.05) is 18.0 Å². The zero-order valence-electron chi connectivity index (χ0n) is 10.1. The molecule has 2 atom stereocenters. The summed E-state index contributed by atoms with van der Waals surface area (Å²) in [6, 6.07) is 5.98. The summed E-state index contributed by atoms with van der Waals surface area (Å²) in [6.07, 6.45) is 0. The first-order chi connectivity index (χ1) is 8.10. The number of nitrogens with zero attached hydrogens (tertiary/aromatic N) is 1. The fraction of sp³-hybridized carbons (Fsp3) is 0.538. The molecular formula is C13H17Cl2NS. The van der Waals surface area contributed by atoms with Crippen LogP contribution in [-0.4, -0.2) is 23.6 Å². The summed E-state index contributed by atoms with van der Waals surface area (Å²) in [6.45, 7) is 6.69. The number of hydrogen-bond donors (Lipinski definition) is 0. The van der Waals surface area contributed by atoms with Crippen molar-refractivity contribution in [1.82, 2.24) is 0 Å². The molecule has 1 nitrogen and oxygen atoms in total. The van der Waals surface area contributed by atoms with Gasteiger partial charge >= 0.3 is 0 Å². The van der Waals surface area contributed by atoms with E-state index in [1.165, 1.54) is 11.3 Å². The standard InChI is InChI=1S/C13H17Cl2NS/c1-9-7-16(8-10(2)17-9)13-5-12(15)4-3-11(13)6-14/h3-5,9-10H,6-8H2,1-2H3. The number of hydrogen-bond acceptors (Lipinski definition) is 2. The third kappa shape index (κ3) is 3.24. The summed E-state index contributed by atoms with van der Waals surface area (Å²) in [5.41, 5.74) is 2.37. The van der Waals surface area contributed by atoms with Crippen LogP contribution < -0.4 is 4.90 Å². The van der Waals surface area contributed by atoms with E-state index in [9.17, 15) is 0 Å². The molecule has 0 aliphatic carbocycles. The van der Waals surface area contributed by atoms with Crippen molar-refractivity contribution in [2.24, 2.45) is 0 Å². The molecule has 0 amide bonds. The second kappa shape index (κ2) is 5.73. The third-order valence-corrected chi connectivity index (χ3v) is 4.70. The van der Waals surface area contributed by atoms with Crippen LogP contribution in [0.1, 0.15) is 19.4 Å². The molecule has 0 radical (unpaired) electrons. The van der Waals surface area contributed by atoms with Gasteiger partial charge in [-0.25, -0.2) is 0 Å². The Labute approximate surface area is 117 Å². The van der Waals surface area contributed by atoms with Crippen molar-refractivity contribution in [3.8, 4) is 0 Å². The maximum absolute atomic E-state index is 6.09. The van der Waals surface area contributed by atoms with Crippen LogP contribution in [0.25, 0.3) is 0 Å². The molecule has 1 heterocycles. The summed E-state index contributed by atoms with van der Waals surface area (Å²) >= 11 is 14.1. The van der Waals surface area contributed by atoms with Crippen LogP contribution in [0.3, 0.4) is 0 Å². The van der Waals surface area contributed by atoms with Crippen LogP contribution in [0.15, 0.2) is 18.2 Å². The van der Waals surface area contributed by atoms with Crippen LogP contribution in [0, 0.1) is 0 Å². The predicted octanol–water partition coefficient (Wildman–Crippen LogP) is 4.41. The normalized spacial score (nSPS) is 25.1. The van der Waals surface area contributed by atoms with Gasteiger partial charge in [0.25, 0.3) is 0 Å². The van der Waals surface area contributed by atoms with E-state index in [1.54, 1.807) is 0 Å². The van der Waals surface area contributed by atoms with E-state index < -0.39 is 0 Å². The summed E-state index contributed by atoms with van der Waals surface area (Å²) in [5, 5.41) is 2.09. The number of rotatable bonds is 2. The van der Waals surface area contributed by atoms with Crippen molar-refractivity contribution in [2.45, 2.75) is 30.2 Å². The molecule has 0 saturated carbocycles. The molecule has 0 N–H and O–H groups in total. The van der Waals surface area contributed by atoms with E-state index in [2.05, 4.69) is 18.7 Å². The molecular weight excluding hydrogens is 273 g/mol. The minimum absolute atomic E-state index is 0.541. The van der Waals surface area contributed by atoms with Gasteiger partial charge in [-0.15, -0.1) is 11.6 Å². The largest absolute Gasteiger partial charge is 0.369 e. The van der Waals surface area contributed by atoms with Crippen molar-refractivity contribution in [3.05, 3.63) is 28.8 Å². The van der Waals surface area contributed by atoms with Crippen molar-refractivity contribution in [3.63, 3.8) is 0 Å². The molecule has 1 fully saturated rings. The van der Waals surface area contributed by atoms with Crippen LogP contribution >= 0.6 is 35.0 Å². The van der Waals surface area contributed by atoms with E-state index >= 15 is 0 Å². The lowest BCUT2D eigenvalue weighted by Gasteiger charge is -2.37. The molecule has 1 aliphatic heterocycles. The molecule has 2 unspecified atom stereocenters. The molecule has 0 bridgehead atoms. The molecule has 1 aliphatic rings. The van der Waals surface area contributed by atoms with Crippen LogP contribution in [0.5, 0.6) is 0 Å². The van der Waals surface area contributed by atoms with Gasteiger partial charge in [0, 0.05) is 40.2 Å². The zero-order valence-corrected chi connectivity index (χ0v) is 12.4. The molecule has 2 rings (SSSR count). The maximum Gasteiger partial charge on any atom is 0.0494 e. The first kappa shape index (κ1) is 13.4. The highest BCUT2D eigenvalue weighted by atomic mass is 35.5. The van der Waals surface area contributed by atoms with Gasteiger partial charge in [0.2, 0.25) is 0 Å². The van der Waals surface area contributed by atoms with E-state index in [0.717, 1.165) is 18.1 Å². The summed E-state index contributed by atoms with van der Waals surface area (Å²) < 4.78 is 0. The SMILES string of the molecule is CC1CN(c2cc(Cl)ccc2CCl)CC(C)S1. The van der Waals surface area contributed by atoms with E-state index in [0.29, 0.717) is 16.4 Å². The minimum Gasteiger partial charge on any atom is -0.369 e. The molecule has 1 aromatic carbocycles. The van der Waals surface area contributed by atoms with Gasteiger partial charge in [0.15, 0.2) is 0 Å². The van der Waals surface area contributed by atoms with E-state index in [1.807, 2.05) is 30.0 Å². The molecule has 0 spiro atoms. The van der Waals surface area contributed by atoms with Crippen LogP contribution in [-0.2, 0) is 5.88 Å². The smallest absolute Gasteiger partial charge is 0.0494 e. The Morgan fingerprint density at radius 1 is 1.29 bits per heavy atom. The highest BCUT2D eigenvalue weighted by molar-refractivity contribution is 8.00. The number of halogens is 2. The summed E-state index contributed by atoms with van der Waals surface area (Å²) in [5.74, 6) is 0.541. The van der Waals surface area contributed by atoms with Gasteiger partial charge in [0.05, 0.1) is 0 Å². The Kier molecular flexibility index (Phi) is 4.51. The highest BCUT2D eigenvalue weighted by Gasteiger charge is 2.23. The fourth-order valence-electron chi connectivity index (χ4n) is 2.32. The second-order valence-electron chi connectivity index (χ2n) is 4.57. The Hall–Kier alpha value is -0.0500. The number of anilines is 1. The highest BCUT2D eigenvalue weighted by Crippen LogP contribution is 2.32. The Morgan fingerprint density at radius 3 is 2.53 bits per heavy atom. The Morgan fingerprint density at radius 2 is 1.94 bits per heavy atom. The Balaban J connectivity index is 2.28. The van der Waals surface area contributed by atoms with Gasteiger partial charge in [0.1, 0.15) is 0 Å². The lowest BCUT2D eigenvalue weighted by atomic mass is 10.1. The second-order valence-corrected chi connectivity index (χ2v) is 7.15. The first-order valence-corrected chi connectivity index (χ1v) is 7.70. The van der Waals surface area contributed by atoms with E-state index in [-0.39, 0.29) is 0 Å². The average molecular weight is 290 g/mol. The number of benzene rings is 1. The minimum atomic E-state index is 0.541. The van der Waals surface area contributed by atoms with Gasteiger partial charge in [-0.05, 0) is 17.7 Å². The molecule has 1 saturated heterocycles. The van der Waals surface area contributed by atoms with Gasteiger partial charge in [-0.3, -0.25) is 0 Å². The molecule has 17 heavy (non-hydrogen) atoms. The monoisotopic (exact) mass is 289 g/mol. The van der Waals surface area contributed by atoms with Gasteiger partial charge in [-0.2, -0.15) is 11.8 Å². The zero-order chi connectivity index (χ0) is 12.4. The Bertz CT molecular complexity index is 387. The molecule has 1 aromatic rings. The first-order valence-electron chi connectivity index (χ1n) is 5.85. The lowest BCUT2D eigenvalue weighted by molar-refractivity contribution is 0.726. The van der Waals surface area contributed by atoms with Gasteiger partial charge < -0.3 is 4.90 Å². The molecule has 0 aromatic heterocycles. The van der Waals surface area contributed by atoms with Crippen LogP contribution in [0.2, 0.25) is 5.02 Å². The molecule has 4 heteroatoms. The van der Waals surface area contributed by atoms with E-state index in [4.69, 9.17) is 23.2 Å². The lowest BCUT2D eigenvalue weighted by Crippen LogP contribution is -2.40. The third-order valence-electron chi connectivity index (χ3n) is 2.95. The number of thioether (sulfide) groups is 1. The topological polar surface area (TPSA) is 3.24 Å². The van der Waals surface area contributed by atoms with Crippen molar-refractivity contribution in [1.29, 1.82) is 0 Å². The summed E-state index contributed by atoms with van der Waals surface area (Å²) in [4.78, 5) is 2.41. The summed E-state index contributed by atoms with van der Waals surface area (Å²) in [7, 11) is 0. The van der Waals surface area contributed by atoms with Gasteiger partial charge in [-0.1, -0.05) is 31.5 Å². The van der Waals surface area contributed by atoms with Crippen molar-refractivity contribution < 1.29 is 0 Å². The van der Waals surface area contributed by atoms with Crippen molar-refractivity contribution >= 4 is 40.7 Å². The maximum atomic E-state index is 6.09. The fourth-order valence-corrected chi connectivity index (χ4v) is 4.04. The molecule has 94 valence electrons. The predicted molar refractivity (Wildman–Crippen MR) is 79.7 cm³/mol.